The molecule has 7 nitrogen and oxygen atoms in total. The van der Waals surface area contributed by atoms with Crippen LogP contribution in [0.1, 0.15) is 28.8 Å². The highest BCUT2D eigenvalue weighted by Gasteiger charge is 2.31. The molecule has 2 fully saturated rings. The SMILES string of the molecule is O=C(Nc1cccc(C(=O)N2CCN(c3ccc(C(F)(F)F)cn3)CC2)c1)C1CCCO1. The topological polar surface area (TPSA) is 74.8 Å². The minimum absolute atomic E-state index is 0.168. The smallest absolute Gasteiger partial charge is 0.368 e. The van der Waals surface area contributed by atoms with Gasteiger partial charge in [-0.1, -0.05) is 6.07 Å². The van der Waals surface area contributed by atoms with E-state index < -0.39 is 17.8 Å². The number of aromatic nitrogens is 1. The van der Waals surface area contributed by atoms with E-state index in [0.717, 1.165) is 18.7 Å². The van der Waals surface area contributed by atoms with Crippen LogP contribution in [0.4, 0.5) is 24.7 Å². The third-order valence-electron chi connectivity index (χ3n) is 5.57. The van der Waals surface area contributed by atoms with Crippen molar-refractivity contribution >= 4 is 23.3 Å². The summed E-state index contributed by atoms with van der Waals surface area (Å²) in [6.45, 7) is 2.31. The second-order valence-corrected chi connectivity index (χ2v) is 7.75. The zero-order valence-electron chi connectivity index (χ0n) is 17.3. The van der Waals surface area contributed by atoms with Gasteiger partial charge in [0.2, 0.25) is 0 Å². The van der Waals surface area contributed by atoms with Crippen LogP contribution in [0, 0.1) is 0 Å². The molecule has 0 radical (unpaired) electrons. The van der Waals surface area contributed by atoms with Crippen LogP contribution in [-0.2, 0) is 15.7 Å². The number of amides is 2. The van der Waals surface area contributed by atoms with Crippen molar-refractivity contribution in [3.8, 4) is 0 Å². The molecule has 1 aromatic heterocycles. The number of alkyl halides is 3. The number of benzene rings is 1. The maximum Gasteiger partial charge on any atom is 0.417 e. The van der Waals surface area contributed by atoms with Gasteiger partial charge in [0.05, 0.1) is 5.56 Å². The number of halogens is 3. The minimum atomic E-state index is -4.42. The molecular formula is C22H23F3N4O3. The van der Waals surface area contributed by atoms with Gasteiger partial charge in [0.25, 0.3) is 11.8 Å². The van der Waals surface area contributed by atoms with Crippen molar-refractivity contribution in [1.82, 2.24) is 9.88 Å². The molecule has 2 saturated heterocycles. The first-order chi connectivity index (χ1) is 15.3. The van der Waals surface area contributed by atoms with Gasteiger partial charge in [0, 0.05) is 50.2 Å². The van der Waals surface area contributed by atoms with Crippen LogP contribution in [-0.4, -0.2) is 60.6 Å². The third kappa shape index (κ3) is 5.01. The molecule has 3 heterocycles. The molecule has 0 saturated carbocycles. The molecule has 1 atom stereocenters. The lowest BCUT2D eigenvalue weighted by Crippen LogP contribution is -2.49. The van der Waals surface area contributed by atoms with E-state index in [1.54, 1.807) is 29.2 Å². The fraction of sp³-hybridized carbons (Fsp3) is 0.409. The fourth-order valence-electron chi connectivity index (χ4n) is 3.80. The molecule has 2 aliphatic rings. The van der Waals surface area contributed by atoms with Gasteiger partial charge in [-0.25, -0.2) is 4.98 Å². The molecule has 1 N–H and O–H groups in total. The zero-order chi connectivity index (χ0) is 22.7. The van der Waals surface area contributed by atoms with Crippen molar-refractivity contribution in [2.24, 2.45) is 0 Å². The average Bonchev–Trinajstić information content (AvgIpc) is 3.34. The third-order valence-corrected chi connectivity index (χ3v) is 5.57. The van der Waals surface area contributed by atoms with Crippen LogP contribution in [0.25, 0.3) is 0 Å². The Balaban J connectivity index is 1.34. The number of nitrogens with zero attached hydrogens (tertiary/aromatic N) is 3. The fourth-order valence-corrected chi connectivity index (χ4v) is 3.80. The summed E-state index contributed by atoms with van der Waals surface area (Å²) in [4.78, 5) is 32.6. The van der Waals surface area contributed by atoms with Crippen molar-refractivity contribution in [2.75, 3.05) is 43.0 Å². The number of anilines is 2. The quantitative estimate of drug-likeness (QED) is 0.778. The molecular weight excluding hydrogens is 425 g/mol. The highest BCUT2D eigenvalue weighted by atomic mass is 19.4. The van der Waals surface area contributed by atoms with Crippen molar-refractivity contribution in [2.45, 2.75) is 25.1 Å². The lowest BCUT2D eigenvalue weighted by Gasteiger charge is -2.35. The Kier molecular flexibility index (Phi) is 6.31. The van der Waals surface area contributed by atoms with E-state index in [4.69, 9.17) is 4.74 Å². The Morgan fingerprint density at radius 1 is 1.09 bits per heavy atom. The second kappa shape index (κ2) is 9.15. The van der Waals surface area contributed by atoms with Crippen LogP contribution >= 0.6 is 0 Å². The average molecular weight is 448 g/mol. The van der Waals surface area contributed by atoms with Gasteiger partial charge in [-0.15, -0.1) is 0 Å². The molecule has 1 aromatic carbocycles. The summed E-state index contributed by atoms with van der Waals surface area (Å²) < 4.78 is 43.5. The lowest BCUT2D eigenvalue weighted by atomic mass is 10.1. The lowest BCUT2D eigenvalue weighted by molar-refractivity contribution is -0.137. The highest BCUT2D eigenvalue weighted by Crippen LogP contribution is 2.29. The number of hydrogen-bond acceptors (Lipinski definition) is 5. The first-order valence-electron chi connectivity index (χ1n) is 10.4. The van der Waals surface area contributed by atoms with E-state index in [1.165, 1.54) is 6.07 Å². The van der Waals surface area contributed by atoms with Gasteiger partial charge < -0.3 is 19.9 Å². The van der Waals surface area contributed by atoms with Crippen LogP contribution in [0.15, 0.2) is 42.6 Å². The Bertz CT molecular complexity index is 967. The van der Waals surface area contributed by atoms with Gasteiger partial charge in [0.1, 0.15) is 11.9 Å². The molecule has 0 spiro atoms. The number of carbonyl (C=O) groups is 2. The van der Waals surface area contributed by atoms with E-state index in [-0.39, 0.29) is 11.8 Å². The largest absolute Gasteiger partial charge is 0.417 e. The summed E-state index contributed by atoms with van der Waals surface area (Å²) in [7, 11) is 0. The first kappa shape index (κ1) is 22.1. The number of nitrogens with one attached hydrogen (secondary N) is 1. The molecule has 32 heavy (non-hydrogen) atoms. The molecule has 2 aliphatic heterocycles. The van der Waals surface area contributed by atoms with Crippen LogP contribution < -0.4 is 10.2 Å². The number of piperazine rings is 1. The summed E-state index contributed by atoms with van der Waals surface area (Å²) in [5.74, 6) is 0.0620. The first-order valence-corrected chi connectivity index (χ1v) is 10.4. The van der Waals surface area contributed by atoms with E-state index in [1.807, 2.05) is 4.90 Å². The Hall–Kier alpha value is -3.14. The van der Waals surface area contributed by atoms with Crippen LogP contribution in [0.5, 0.6) is 0 Å². The van der Waals surface area contributed by atoms with Crippen LogP contribution in [0.3, 0.4) is 0 Å². The minimum Gasteiger partial charge on any atom is -0.368 e. The standard InChI is InChI=1S/C22H23F3N4O3/c23-22(24,25)16-6-7-19(26-14-16)28-8-10-29(11-9-28)21(31)15-3-1-4-17(13-15)27-20(30)18-5-2-12-32-18/h1,3-4,6-7,13-14,18H,2,5,8-12H2,(H,27,30). The number of carbonyl (C=O) groups excluding carboxylic acids is 2. The number of rotatable bonds is 4. The normalized spacial score (nSPS) is 19.2. The number of pyridine rings is 1. The van der Waals surface area contributed by atoms with E-state index >= 15 is 0 Å². The van der Waals surface area contributed by atoms with Gasteiger partial charge in [-0.3, -0.25) is 9.59 Å². The van der Waals surface area contributed by atoms with Gasteiger partial charge in [0.15, 0.2) is 0 Å². The highest BCUT2D eigenvalue weighted by molar-refractivity contribution is 5.98. The molecule has 0 bridgehead atoms. The van der Waals surface area contributed by atoms with E-state index in [0.29, 0.717) is 56.3 Å². The molecule has 170 valence electrons. The molecule has 2 aromatic rings. The predicted molar refractivity (Wildman–Crippen MR) is 111 cm³/mol. The Morgan fingerprint density at radius 3 is 2.50 bits per heavy atom. The summed E-state index contributed by atoms with van der Waals surface area (Å²) in [5.41, 5.74) is 0.196. The van der Waals surface area contributed by atoms with Gasteiger partial charge in [-0.05, 0) is 43.2 Å². The van der Waals surface area contributed by atoms with E-state index in [2.05, 4.69) is 10.3 Å². The predicted octanol–water partition coefficient (Wildman–Crippen LogP) is 3.18. The van der Waals surface area contributed by atoms with Gasteiger partial charge in [-0.2, -0.15) is 13.2 Å². The molecule has 1 unspecified atom stereocenters. The summed E-state index contributed by atoms with van der Waals surface area (Å²) >= 11 is 0. The maximum absolute atomic E-state index is 12.9. The monoisotopic (exact) mass is 448 g/mol. The summed E-state index contributed by atoms with van der Waals surface area (Å²) in [5, 5.41) is 2.79. The zero-order valence-corrected chi connectivity index (χ0v) is 17.3. The van der Waals surface area contributed by atoms with Crippen molar-refractivity contribution in [3.05, 3.63) is 53.7 Å². The molecule has 4 rings (SSSR count). The Labute approximate surface area is 183 Å². The molecule has 0 aliphatic carbocycles. The van der Waals surface area contributed by atoms with Crippen molar-refractivity contribution in [1.29, 1.82) is 0 Å². The van der Waals surface area contributed by atoms with E-state index in [9.17, 15) is 22.8 Å². The van der Waals surface area contributed by atoms with Gasteiger partial charge >= 0.3 is 6.18 Å². The maximum atomic E-state index is 12.9. The number of ether oxygens (including phenoxy) is 1. The van der Waals surface area contributed by atoms with Crippen molar-refractivity contribution < 1.29 is 27.5 Å². The summed E-state index contributed by atoms with van der Waals surface area (Å²) in [6.07, 6.45) is -2.52. The number of hydrogen-bond donors (Lipinski definition) is 1. The van der Waals surface area contributed by atoms with Crippen molar-refractivity contribution in [3.63, 3.8) is 0 Å². The second-order valence-electron chi connectivity index (χ2n) is 7.75. The summed E-state index contributed by atoms with van der Waals surface area (Å²) in [6, 6.07) is 9.11. The molecule has 2 amide bonds. The molecule has 10 heteroatoms. The van der Waals surface area contributed by atoms with Crippen LogP contribution in [0.2, 0.25) is 0 Å². The Morgan fingerprint density at radius 2 is 1.88 bits per heavy atom.